The van der Waals surface area contributed by atoms with Gasteiger partial charge in [0.1, 0.15) is 0 Å². The number of unbranched alkanes of at least 4 members (excludes halogenated alkanes) is 9. The number of rotatable bonds is 20. The van der Waals surface area contributed by atoms with Crippen LogP contribution >= 0.6 is 15.6 Å². The molecule has 0 rings (SSSR count). The maximum absolute atomic E-state index is 11.1. The fourth-order valence-corrected chi connectivity index (χ4v) is 3.95. The van der Waals surface area contributed by atoms with Crippen molar-refractivity contribution in [1.29, 1.82) is 0 Å². The van der Waals surface area contributed by atoms with E-state index in [1.165, 1.54) is 51.4 Å². The first-order valence-corrected chi connectivity index (χ1v) is 12.7. The molecule has 0 amide bonds. The minimum Gasteiger partial charge on any atom is -0.379 e. The van der Waals surface area contributed by atoms with E-state index in [0.29, 0.717) is 19.8 Å². The summed E-state index contributed by atoms with van der Waals surface area (Å²) in [5, 5.41) is 0. The van der Waals surface area contributed by atoms with E-state index in [1.807, 2.05) is 0 Å². The van der Waals surface area contributed by atoms with Gasteiger partial charge in [-0.2, -0.15) is 4.31 Å². The van der Waals surface area contributed by atoms with Gasteiger partial charge in [-0.25, -0.2) is 9.13 Å². The summed E-state index contributed by atoms with van der Waals surface area (Å²) < 4.78 is 40.1. The van der Waals surface area contributed by atoms with E-state index in [9.17, 15) is 9.13 Å². The Bertz CT molecular complexity index is 428. The largest absolute Gasteiger partial charge is 0.481 e. The molecule has 3 N–H and O–H groups in total. The molecule has 164 valence electrons. The molecular weight excluding hydrogens is 398 g/mol. The van der Waals surface area contributed by atoms with Gasteiger partial charge in [-0.3, -0.25) is 4.52 Å². The summed E-state index contributed by atoms with van der Waals surface area (Å²) in [4.78, 5) is 25.9. The molecule has 0 radical (unpaired) electrons. The second-order valence-electron chi connectivity index (χ2n) is 6.28. The van der Waals surface area contributed by atoms with E-state index in [4.69, 9.17) is 24.2 Å². The number of hydrogen-bond donors (Lipinski definition) is 3. The molecule has 0 aromatic heterocycles. The summed E-state index contributed by atoms with van der Waals surface area (Å²) >= 11 is 0. The lowest BCUT2D eigenvalue weighted by Gasteiger charge is -2.12. The lowest BCUT2D eigenvalue weighted by atomic mass is 10.1. The van der Waals surface area contributed by atoms with Crippen molar-refractivity contribution < 1.29 is 42.1 Å². The minimum atomic E-state index is -5.08. The summed E-state index contributed by atoms with van der Waals surface area (Å²) in [5.41, 5.74) is 0. The number of phosphoric ester groups is 1. The summed E-state index contributed by atoms with van der Waals surface area (Å²) in [5.74, 6) is 0. The topological polar surface area (TPSA) is 132 Å². The summed E-state index contributed by atoms with van der Waals surface area (Å²) in [7, 11) is -9.86. The van der Waals surface area contributed by atoms with E-state index in [1.54, 1.807) is 0 Å². The molecule has 0 aliphatic rings. The third kappa shape index (κ3) is 22.3. The quantitative estimate of drug-likeness (QED) is 0.191. The van der Waals surface area contributed by atoms with E-state index in [-0.39, 0.29) is 13.2 Å². The van der Waals surface area contributed by atoms with E-state index >= 15 is 0 Å². The Morgan fingerprint density at radius 2 is 1.07 bits per heavy atom. The van der Waals surface area contributed by atoms with E-state index < -0.39 is 15.6 Å². The van der Waals surface area contributed by atoms with Crippen molar-refractivity contribution >= 4 is 15.6 Å². The van der Waals surface area contributed by atoms with Gasteiger partial charge < -0.3 is 24.2 Å². The van der Waals surface area contributed by atoms with Crippen molar-refractivity contribution in [1.82, 2.24) is 0 Å². The zero-order valence-corrected chi connectivity index (χ0v) is 18.1. The molecule has 0 aromatic carbocycles. The van der Waals surface area contributed by atoms with Crippen LogP contribution in [-0.4, -0.2) is 47.7 Å². The maximum atomic E-state index is 11.1. The van der Waals surface area contributed by atoms with E-state index in [2.05, 4.69) is 15.8 Å². The predicted molar refractivity (Wildman–Crippen MR) is 102 cm³/mol. The van der Waals surface area contributed by atoms with Gasteiger partial charge in [-0.1, -0.05) is 64.7 Å². The van der Waals surface area contributed by atoms with Gasteiger partial charge in [0.15, 0.2) is 0 Å². The van der Waals surface area contributed by atoms with Crippen LogP contribution < -0.4 is 0 Å². The normalized spacial score (nSPS) is 14.4. The zero-order valence-electron chi connectivity index (χ0n) is 16.3. The fourth-order valence-electron chi connectivity index (χ4n) is 2.38. The van der Waals surface area contributed by atoms with Crippen molar-refractivity contribution in [2.45, 2.75) is 71.1 Å². The average molecular weight is 434 g/mol. The summed E-state index contributed by atoms with van der Waals surface area (Å²) in [6.07, 6.45) is 12.7. The molecule has 9 nitrogen and oxygen atoms in total. The predicted octanol–water partition coefficient (Wildman–Crippen LogP) is 4.17. The first-order valence-electron chi connectivity index (χ1n) is 9.66. The molecule has 0 heterocycles. The highest BCUT2D eigenvalue weighted by Gasteiger charge is 2.31. The van der Waals surface area contributed by atoms with Crippen LogP contribution in [0.1, 0.15) is 71.1 Å². The van der Waals surface area contributed by atoms with Crippen molar-refractivity contribution in [2.75, 3.05) is 33.0 Å². The minimum absolute atomic E-state index is 0.0172. The lowest BCUT2D eigenvalue weighted by Crippen LogP contribution is -2.09. The first-order chi connectivity index (χ1) is 12.8. The van der Waals surface area contributed by atoms with Crippen LogP contribution in [0.25, 0.3) is 0 Å². The molecule has 0 saturated carbocycles. The summed E-state index contributed by atoms with van der Waals surface area (Å²) in [6.45, 7) is 3.27. The van der Waals surface area contributed by atoms with Gasteiger partial charge in [0.25, 0.3) is 0 Å². The smallest absolute Gasteiger partial charge is 0.379 e. The number of hydrogen-bond acceptors (Lipinski definition) is 6. The molecule has 11 heteroatoms. The molecule has 0 fully saturated rings. The SMILES string of the molecule is CCCCCCCCCCCCOCCOCCOP(=O)(O)OP(=O)(O)O. The second-order valence-corrected chi connectivity index (χ2v) is 9.11. The highest BCUT2D eigenvalue weighted by atomic mass is 31.3. The Kier molecular flexibility index (Phi) is 17.2. The van der Waals surface area contributed by atoms with Gasteiger partial charge in [-0.15, -0.1) is 0 Å². The highest BCUT2D eigenvalue weighted by molar-refractivity contribution is 7.60. The third-order valence-corrected chi connectivity index (χ3v) is 5.89. The maximum Gasteiger partial charge on any atom is 0.481 e. The molecule has 0 aromatic rings. The second kappa shape index (κ2) is 17.1. The molecular formula is C16H36O9P2. The lowest BCUT2D eigenvalue weighted by molar-refractivity contribution is 0.0311. The monoisotopic (exact) mass is 434 g/mol. The Balaban J connectivity index is 3.25. The van der Waals surface area contributed by atoms with Crippen LogP contribution in [0.5, 0.6) is 0 Å². The van der Waals surface area contributed by atoms with Crippen molar-refractivity contribution in [3.63, 3.8) is 0 Å². The first kappa shape index (κ1) is 27.2. The van der Waals surface area contributed by atoms with Crippen molar-refractivity contribution in [3.05, 3.63) is 0 Å². The van der Waals surface area contributed by atoms with Crippen LogP contribution in [0, 0.1) is 0 Å². The van der Waals surface area contributed by atoms with Crippen LogP contribution in [0.2, 0.25) is 0 Å². The Hall–Kier alpha value is 0.180. The fraction of sp³-hybridized carbons (Fsp3) is 1.00. The Morgan fingerprint density at radius 3 is 1.59 bits per heavy atom. The van der Waals surface area contributed by atoms with E-state index in [0.717, 1.165) is 12.8 Å². The average Bonchev–Trinajstić information content (AvgIpc) is 2.55. The third-order valence-electron chi connectivity index (χ3n) is 3.71. The van der Waals surface area contributed by atoms with Crippen molar-refractivity contribution in [3.8, 4) is 0 Å². The Labute approximate surface area is 162 Å². The molecule has 0 saturated heterocycles. The van der Waals surface area contributed by atoms with Gasteiger partial charge in [0, 0.05) is 6.61 Å². The molecule has 0 spiro atoms. The van der Waals surface area contributed by atoms with Crippen LogP contribution in [0.4, 0.5) is 0 Å². The van der Waals surface area contributed by atoms with Gasteiger partial charge in [0.2, 0.25) is 0 Å². The Morgan fingerprint density at radius 1 is 0.630 bits per heavy atom. The molecule has 0 aliphatic carbocycles. The molecule has 0 aliphatic heterocycles. The number of phosphoric acid groups is 2. The molecule has 0 bridgehead atoms. The number of ether oxygens (including phenoxy) is 2. The molecule has 1 atom stereocenters. The van der Waals surface area contributed by atoms with Gasteiger partial charge in [0.05, 0.1) is 26.4 Å². The summed E-state index contributed by atoms with van der Waals surface area (Å²) in [6, 6.07) is 0. The van der Waals surface area contributed by atoms with Crippen LogP contribution in [0.15, 0.2) is 0 Å². The van der Waals surface area contributed by atoms with Gasteiger partial charge >= 0.3 is 15.6 Å². The molecule has 27 heavy (non-hydrogen) atoms. The highest BCUT2D eigenvalue weighted by Crippen LogP contribution is 2.57. The van der Waals surface area contributed by atoms with Crippen molar-refractivity contribution in [2.24, 2.45) is 0 Å². The van der Waals surface area contributed by atoms with Crippen LogP contribution in [-0.2, 0) is 27.4 Å². The van der Waals surface area contributed by atoms with Crippen LogP contribution in [0.3, 0.4) is 0 Å². The zero-order chi connectivity index (χ0) is 20.4. The molecule has 1 unspecified atom stereocenters. The van der Waals surface area contributed by atoms with Gasteiger partial charge in [-0.05, 0) is 6.42 Å². The standard InChI is InChI=1S/C16H36O9P2/c1-2-3-4-5-6-7-8-9-10-11-12-22-13-14-23-15-16-24-27(20,21)25-26(17,18)19/h2-16H2,1H3,(H,20,21)(H2,17,18,19).